The SMILES string of the molecule is CCCOc1ccc2cc1-c1cc(ccc1OCCNC(=O)OC(C)(C)C)C[C@@H](C(=O)OC)NC(=O)[C@H](C)CC(=O)[C@H]2N(C)C(=O)[C@H](CC=O)CC(=O)c1ccc(C)cc1C. The fourth-order valence-electron chi connectivity index (χ4n) is 7.21. The van der Waals surface area contributed by atoms with Gasteiger partial charge in [0.15, 0.2) is 11.6 Å². The number of ether oxygens (including phenoxy) is 4. The number of nitrogens with zero attached hydrogens (tertiary/aromatic N) is 1. The van der Waals surface area contributed by atoms with Crippen LogP contribution in [0.15, 0.2) is 54.6 Å². The van der Waals surface area contributed by atoms with E-state index in [2.05, 4.69) is 10.6 Å². The van der Waals surface area contributed by atoms with Crippen molar-refractivity contribution in [2.75, 3.05) is 33.9 Å². The summed E-state index contributed by atoms with van der Waals surface area (Å²) in [6.07, 6.45) is -0.171. The van der Waals surface area contributed by atoms with Gasteiger partial charge < -0.3 is 39.3 Å². The van der Waals surface area contributed by atoms with Crippen LogP contribution in [0.4, 0.5) is 4.79 Å². The summed E-state index contributed by atoms with van der Waals surface area (Å²) in [6, 6.07) is 13.3. The number of hydrogen-bond donors (Lipinski definition) is 2. The number of esters is 1. The number of nitrogens with one attached hydrogen (secondary N) is 2. The second-order valence-corrected chi connectivity index (χ2v) is 16.5. The maximum atomic E-state index is 14.6. The van der Waals surface area contributed by atoms with Gasteiger partial charge in [0, 0.05) is 55.3 Å². The van der Waals surface area contributed by atoms with Crippen LogP contribution in [-0.2, 0) is 39.9 Å². The molecule has 3 aromatic rings. The van der Waals surface area contributed by atoms with Gasteiger partial charge in [0.25, 0.3) is 0 Å². The molecule has 1 aliphatic heterocycles. The number of aldehydes is 1. The standard InChI is InChI=1S/C47H59N3O11/c1-10-20-59-41-16-13-32-26-36(41)35-24-31(12-15-40(35)60-21-18-48-46(57)61-47(5,6)7)25-37(45(56)58-9)49-43(54)30(4)23-39(53)42(32)50(8)44(55)33(17-19-51)27-38(52)34-14-11-28(2)22-29(34)3/h11-16,19,22,24,26,30,33,37,42H,10,17-18,20-21,23,25,27H2,1-9H3,(H,48,57)(H,49,54)/t30-,33-,37+,42+/m1/s1. The molecule has 61 heavy (non-hydrogen) atoms. The van der Waals surface area contributed by atoms with Gasteiger partial charge in [-0.05, 0) is 82.0 Å². The van der Waals surface area contributed by atoms with Crippen molar-refractivity contribution in [1.29, 1.82) is 0 Å². The molecule has 0 saturated heterocycles. The third-order valence-electron chi connectivity index (χ3n) is 10.2. The number of amides is 3. The van der Waals surface area contributed by atoms with Crippen molar-refractivity contribution in [3.8, 4) is 22.6 Å². The molecule has 1 heterocycles. The predicted molar refractivity (Wildman–Crippen MR) is 228 cm³/mol. The molecule has 0 unspecified atom stereocenters. The van der Waals surface area contributed by atoms with E-state index in [-0.39, 0.29) is 44.6 Å². The lowest BCUT2D eigenvalue weighted by Gasteiger charge is -2.32. The molecule has 2 N–H and O–H groups in total. The Labute approximate surface area is 358 Å². The summed E-state index contributed by atoms with van der Waals surface area (Å²) in [4.78, 5) is 94.9. The molecule has 4 bridgehead atoms. The van der Waals surface area contributed by atoms with E-state index in [1.165, 1.54) is 19.1 Å². The lowest BCUT2D eigenvalue weighted by atomic mass is 9.88. The number of alkyl carbamates (subject to hydrolysis) is 1. The van der Waals surface area contributed by atoms with E-state index in [0.717, 1.165) is 11.1 Å². The van der Waals surface area contributed by atoms with Gasteiger partial charge in [0.1, 0.15) is 42.1 Å². The number of carbonyl (C=O) groups excluding carboxylic acids is 7. The summed E-state index contributed by atoms with van der Waals surface area (Å²) in [5.74, 6) is -3.90. The van der Waals surface area contributed by atoms with E-state index in [9.17, 15) is 33.6 Å². The number of carbonyl (C=O) groups is 7. The van der Waals surface area contributed by atoms with Gasteiger partial charge in [-0.2, -0.15) is 0 Å². The molecule has 4 atom stereocenters. The minimum atomic E-state index is -1.28. The third kappa shape index (κ3) is 13.0. The Morgan fingerprint density at radius 1 is 0.934 bits per heavy atom. The number of rotatable bonds is 15. The summed E-state index contributed by atoms with van der Waals surface area (Å²) >= 11 is 0. The van der Waals surface area contributed by atoms with Crippen LogP contribution in [0.2, 0.25) is 0 Å². The predicted octanol–water partition coefficient (Wildman–Crippen LogP) is 6.45. The molecule has 0 spiro atoms. The zero-order valence-electron chi connectivity index (χ0n) is 36.7. The zero-order chi connectivity index (χ0) is 45.0. The number of ketones is 2. The van der Waals surface area contributed by atoms with Crippen LogP contribution in [0.5, 0.6) is 11.5 Å². The molecule has 3 aromatic carbocycles. The highest BCUT2D eigenvalue weighted by molar-refractivity contribution is 6.01. The summed E-state index contributed by atoms with van der Waals surface area (Å²) in [5.41, 5.74) is 3.46. The summed E-state index contributed by atoms with van der Waals surface area (Å²) in [6.45, 7) is 13.0. The van der Waals surface area contributed by atoms with Gasteiger partial charge >= 0.3 is 12.1 Å². The van der Waals surface area contributed by atoms with Crippen LogP contribution < -0.4 is 20.1 Å². The van der Waals surface area contributed by atoms with Crippen molar-refractivity contribution in [3.63, 3.8) is 0 Å². The molecule has 14 heteroatoms. The Bertz CT molecular complexity index is 2110. The topological polar surface area (TPSA) is 184 Å². The van der Waals surface area contributed by atoms with Crippen molar-refractivity contribution in [2.24, 2.45) is 11.8 Å². The number of Topliss-reactive ketones (excluding diaryl/α,β-unsaturated/α-hetero) is 2. The van der Waals surface area contributed by atoms with Gasteiger partial charge in [-0.25, -0.2) is 9.59 Å². The van der Waals surface area contributed by atoms with Crippen LogP contribution >= 0.6 is 0 Å². The summed E-state index contributed by atoms with van der Waals surface area (Å²) in [7, 11) is 2.66. The maximum absolute atomic E-state index is 14.6. The van der Waals surface area contributed by atoms with Crippen molar-refractivity contribution < 1.29 is 52.5 Å². The van der Waals surface area contributed by atoms with Crippen molar-refractivity contribution >= 4 is 41.7 Å². The molecule has 4 rings (SSSR count). The van der Waals surface area contributed by atoms with E-state index < -0.39 is 59.2 Å². The molecule has 3 amide bonds. The highest BCUT2D eigenvalue weighted by Gasteiger charge is 2.36. The van der Waals surface area contributed by atoms with Gasteiger partial charge in [0.2, 0.25) is 11.8 Å². The monoisotopic (exact) mass is 841 g/mol. The van der Waals surface area contributed by atoms with Gasteiger partial charge in [-0.15, -0.1) is 0 Å². The average Bonchev–Trinajstić information content (AvgIpc) is 3.20. The minimum Gasteiger partial charge on any atom is -0.493 e. The van der Waals surface area contributed by atoms with E-state index >= 15 is 0 Å². The number of aryl methyl sites for hydroxylation is 2. The molecular weight excluding hydrogens is 783 g/mol. The lowest BCUT2D eigenvalue weighted by molar-refractivity contribution is -0.146. The quantitative estimate of drug-likeness (QED) is 0.0742. The van der Waals surface area contributed by atoms with E-state index in [1.807, 2.05) is 19.9 Å². The average molecular weight is 842 g/mol. The number of likely N-dealkylation sites (N-methyl/N-ethyl adjacent to an activating group) is 1. The largest absolute Gasteiger partial charge is 0.493 e. The van der Waals surface area contributed by atoms with Gasteiger partial charge in [-0.3, -0.25) is 19.2 Å². The van der Waals surface area contributed by atoms with Crippen molar-refractivity contribution in [3.05, 3.63) is 82.4 Å². The normalized spacial score (nSPS) is 17.2. The van der Waals surface area contributed by atoms with Gasteiger partial charge in [-0.1, -0.05) is 49.7 Å². The van der Waals surface area contributed by atoms with Gasteiger partial charge in [0.05, 0.1) is 26.2 Å². The van der Waals surface area contributed by atoms with Crippen molar-refractivity contribution in [1.82, 2.24) is 15.5 Å². The smallest absolute Gasteiger partial charge is 0.407 e. The van der Waals surface area contributed by atoms with Crippen LogP contribution in [-0.4, -0.2) is 92.2 Å². The molecule has 328 valence electrons. The fraction of sp³-hybridized carbons (Fsp3) is 0.468. The Morgan fingerprint density at radius 3 is 2.25 bits per heavy atom. The number of hydrogen-bond acceptors (Lipinski definition) is 11. The van der Waals surface area contributed by atoms with Crippen LogP contribution in [0.3, 0.4) is 0 Å². The first-order valence-corrected chi connectivity index (χ1v) is 20.6. The highest BCUT2D eigenvalue weighted by Crippen LogP contribution is 2.41. The molecular formula is C47H59N3O11. The number of benzene rings is 3. The first kappa shape index (κ1) is 47.6. The third-order valence-corrected chi connectivity index (χ3v) is 10.2. The molecule has 0 aliphatic carbocycles. The molecule has 0 saturated carbocycles. The Morgan fingerprint density at radius 2 is 1.61 bits per heavy atom. The molecule has 0 fully saturated rings. The maximum Gasteiger partial charge on any atom is 0.407 e. The molecule has 0 aromatic heterocycles. The zero-order valence-corrected chi connectivity index (χ0v) is 36.7. The van der Waals surface area contributed by atoms with Crippen LogP contribution in [0.1, 0.15) is 99.0 Å². The van der Waals surface area contributed by atoms with E-state index in [0.29, 0.717) is 58.6 Å². The highest BCUT2D eigenvalue weighted by atomic mass is 16.6. The Kier molecular flexibility index (Phi) is 16.8. The van der Waals surface area contributed by atoms with Crippen LogP contribution in [0, 0.1) is 25.7 Å². The molecule has 14 nitrogen and oxygen atoms in total. The minimum absolute atomic E-state index is 0.0342. The van der Waals surface area contributed by atoms with Crippen LogP contribution in [0.25, 0.3) is 11.1 Å². The molecule has 0 radical (unpaired) electrons. The van der Waals surface area contributed by atoms with Crippen molar-refractivity contribution in [2.45, 2.75) is 98.3 Å². The molecule has 1 aliphatic rings. The van der Waals surface area contributed by atoms with E-state index in [4.69, 9.17) is 18.9 Å². The number of fused-ring (bicyclic) bond motifs is 5. The Balaban J connectivity index is 1.86. The number of methoxy groups -OCH3 is 1. The Hall–Kier alpha value is -6.05. The summed E-state index contributed by atoms with van der Waals surface area (Å²) in [5, 5.41) is 5.42. The second-order valence-electron chi connectivity index (χ2n) is 16.5. The lowest BCUT2D eigenvalue weighted by Crippen LogP contribution is -2.46. The first-order chi connectivity index (χ1) is 28.9. The fourth-order valence-corrected chi connectivity index (χ4v) is 7.21. The summed E-state index contributed by atoms with van der Waals surface area (Å²) < 4.78 is 22.9. The van der Waals surface area contributed by atoms with E-state index in [1.54, 1.807) is 83.1 Å². The first-order valence-electron chi connectivity index (χ1n) is 20.6. The second kappa shape index (κ2) is 21.5.